The zero-order chi connectivity index (χ0) is 33.9. The second-order valence-corrected chi connectivity index (χ2v) is 15.8. The van der Waals surface area contributed by atoms with Gasteiger partial charge in [0.2, 0.25) is 0 Å². The quantitative estimate of drug-likeness (QED) is 0.395. The van der Waals surface area contributed by atoms with Crippen LogP contribution in [-0.4, -0.2) is 86.6 Å². The Hall–Kier alpha value is -3.86. The number of carbonyl (C=O) groups excluding carboxylic acids is 2. The number of amides is 2. The molecule has 3 fully saturated rings. The van der Waals surface area contributed by atoms with Gasteiger partial charge in [-0.05, 0) is 51.7 Å². The summed E-state index contributed by atoms with van der Waals surface area (Å²) in [5.74, 6) is 7.36. The van der Waals surface area contributed by atoms with Crippen molar-refractivity contribution in [3.63, 3.8) is 0 Å². The van der Waals surface area contributed by atoms with Gasteiger partial charge in [-0.3, -0.25) is 9.69 Å². The fourth-order valence-corrected chi connectivity index (χ4v) is 8.35. The number of nitriles is 1. The number of fused-ring (bicyclic) bond motifs is 1. The Morgan fingerprint density at radius 3 is 2.38 bits per heavy atom. The maximum absolute atomic E-state index is 13.6. The zero-order valence-electron chi connectivity index (χ0n) is 28.3. The minimum atomic E-state index is -0.486. The number of nitrogens with zero attached hydrogens (tertiary/aromatic N) is 6. The summed E-state index contributed by atoms with van der Waals surface area (Å²) in [7, 11) is 0. The number of benzene rings is 1. The smallest absolute Gasteiger partial charge is 0.410 e. The molecule has 10 nitrogen and oxygen atoms in total. The molecule has 0 atom stereocenters. The van der Waals surface area contributed by atoms with E-state index in [0.717, 1.165) is 25.9 Å². The van der Waals surface area contributed by atoms with Gasteiger partial charge in [-0.15, -0.1) is 0 Å². The van der Waals surface area contributed by atoms with Crippen LogP contribution in [-0.2, 0) is 11.3 Å². The Morgan fingerprint density at radius 2 is 1.77 bits per heavy atom. The van der Waals surface area contributed by atoms with Crippen molar-refractivity contribution in [2.45, 2.75) is 91.6 Å². The lowest BCUT2D eigenvalue weighted by atomic mass is 9.49. The highest BCUT2D eigenvalue weighted by Crippen LogP contribution is 2.59. The van der Waals surface area contributed by atoms with E-state index in [0.29, 0.717) is 59.1 Å². The average molecular weight is 659 g/mol. The van der Waals surface area contributed by atoms with Gasteiger partial charge < -0.3 is 19.3 Å². The largest absolute Gasteiger partial charge is 0.489 e. The van der Waals surface area contributed by atoms with Gasteiger partial charge in [0.05, 0.1) is 29.0 Å². The fraction of sp³-hybridized carbons (Fsp3) is 0.583. The summed E-state index contributed by atoms with van der Waals surface area (Å²) < 4.78 is 11.9. The van der Waals surface area contributed by atoms with Gasteiger partial charge in [-0.1, -0.05) is 45.2 Å². The van der Waals surface area contributed by atoms with Crippen LogP contribution in [0, 0.1) is 39.9 Å². The number of hydrogen-bond acceptors (Lipinski definition) is 8. The maximum atomic E-state index is 13.6. The predicted molar refractivity (Wildman–Crippen MR) is 177 cm³/mol. The molecule has 0 radical (unpaired) electrons. The van der Waals surface area contributed by atoms with Crippen molar-refractivity contribution in [3.8, 4) is 23.7 Å². The summed E-state index contributed by atoms with van der Waals surface area (Å²) in [6.07, 6.45) is 3.17. The van der Waals surface area contributed by atoms with E-state index in [1.54, 1.807) is 29.3 Å². The molecule has 0 bridgehead atoms. The van der Waals surface area contributed by atoms with E-state index >= 15 is 0 Å². The second-order valence-electron chi connectivity index (χ2n) is 15.4. The summed E-state index contributed by atoms with van der Waals surface area (Å²) in [6.45, 7) is 17.5. The fourth-order valence-electron chi connectivity index (χ4n) is 8.14. The number of piperazine rings is 1. The number of aromatic nitrogens is 2. The van der Waals surface area contributed by atoms with Crippen molar-refractivity contribution in [2.75, 3.05) is 26.2 Å². The van der Waals surface area contributed by atoms with E-state index in [1.165, 1.54) is 0 Å². The molecule has 1 aromatic carbocycles. The molecule has 2 aliphatic heterocycles. The SMILES string of the molecule is CC(C)(C)OC(=O)N1CCN([C@H]2C[C@H](C#Cc3cnc4c(n3)CN([C@H]3C(C)(C)[C@H](Oc5ccc(C#N)c(Cl)c5)C3(C)C)C4=O)C2)CC1. The first-order chi connectivity index (χ1) is 22.1. The van der Waals surface area contributed by atoms with Crippen molar-refractivity contribution in [1.29, 1.82) is 5.26 Å². The van der Waals surface area contributed by atoms with Crippen LogP contribution in [0.2, 0.25) is 5.02 Å². The Balaban J connectivity index is 1.04. The van der Waals surface area contributed by atoms with Crippen LogP contribution in [0.15, 0.2) is 24.4 Å². The number of carbonyl (C=O) groups is 2. The molecule has 6 rings (SSSR count). The minimum Gasteiger partial charge on any atom is -0.489 e. The third-order valence-corrected chi connectivity index (χ3v) is 10.3. The van der Waals surface area contributed by atoms with Gasteiger partial charge in [0.1, 0.15) is 29.2 Å². The molecule has 4 aliphatic rings. The Labute approximate surface area is 282 Å². The Bertz CT molecular complexity index is 1670. The first kappa shape index (κ1) is 33.1. The number of rotatable bonds is 4. The third-order valence-electron chi connectivity index (χ3n) is 10.0. The number of hydrogen-bond donors (Lipinski definition) is 0. The molecule has 47 heavy (non-hydrogen) atoms. The van der Waals surface area contributed by atoms with Gasteiger partial charge in [0.25, 0.3) is 5.91 Å². The van der Waals surface area contributed by atoms with E-state index in [2.05, 4.69) is 55.5 Å². The van der Waals surface area contributed by atoms with E-state index in [4.69, 9.17) is 26.1 Å². The molecule has 2 saturated carbocycles. The van der Waals surface area contributed by atoms with Crippen molar-refractivity contribution >= 4 is 23.6 Å². The van der Waals surface area contributed by atoms with E-state index in [9.17, 15) is 14.9 Å². The molecular weight excluding hydrogens is 616 g/mol. The van der Waals surface area contributed by atoms with Gasteiger partial charge in [0.15, 0.2) is 5.69 Å². The van der Waals surface area contributed by atoms with Crippen LogP contribution in [0.3, 0.4) is 0 Å². The third kappa shape index (κ3) is 6.26. The lowest BCUT2D eigenvalue weighted by Gasteiger charge is -2.65. The van der Waals surface area contributed by atoms with Gasteiger partial charge in [-0.25, -0.2) is 14.8 Å². The van der Waals surface area contributed by atoms with Crippen LogP contribution in [0.4, 0.5) is 4.79 Å². The topological polar surface area (TPSA) is 112 Å². The van der Waals surface area contributed by atoms with E-state index in [1.807, 2.05) is 25.7 Å². The molecule has 0 N–H and O–H groups in total. The second kappa shape index (κ2) is 12.0. The molecule has 1 aromatic heterocycles. The molecule has 2 amide bonds. The molecule has 1 saturated heterocycles. The molecular formula is C36H43ClN6O4. The normalized spacial score (nSPS) is 26.2. The first-order valence-electron chi connectivity index (χ1n) is 16.3. The van der Waals surface area contributed by atoms with E-state index < -0.39 is 5.60 Å². The van der Waals surface area contributed by atoms with E-state index in [-0.39, 0.29) is 40.9 Å². The number of ether oxygens (including phenoxy) is 2. The monoisotopic (exact) mass is 658 g/mol. The summed E-state index contributed by atoms with van der Waals surface area (Å²) in [6, 6.07) is 7.53. The predicted octanol–water partition coefficient (Wildman–Crippen LogP) is 5.52. The van der Waals surface area contributed by atoms with Crippen molar-refractivity contribution < 1.29 is 19.1 Å². The van der Waals surface area contributed by atoms with Crippen LogP contribution in [0.1, 0.15) is 88.7 Å². The highest BCUT2D eigenvalue weighted by Gasteiger charge is 2.67. The van der Waals surface area contributed by atoms with Gasteiger partial charge >= 0.3 is 6.09 Å². The van der Waals surface area contributed by atoms with Crippen LogP contribution in [0.5, 0.6) is 5.75 Å². The van der Waals surface area contributed by atoms with Gasteiger partial charge in [0, 0.05) is 61.1 Å². The molecule has 0 spiro atoms. The van der Waals surface area contributed by atoms with Crippen LogP contribution in [0.25, 0.3) is 0 Å². The molecule has 11 heteroatoms. The average Bonchev–Trinajstić information content (AvgIpc) is 3.28. The zero-order valence-corrected chi connectivity index (χ0v) is 29.0. The Morgan fingerprint density at radius 1 is 1.09 bits per heavy atom. The molecule has 2 aliphatic carbocycles. The lowest BCUT2D eigenvalue weighted by Crippen LogP contribution is -2.74. The molecule has 0 unspecified atom stereocenters. The summed E-state index contributed by atoms with van der Waals surface area (Å²) in [4.78, 5) is 41.4. The first-order valence-corrected chi connectivity index (χ1v) is 16.7. The van der Waals surface area contributed by atoms with Crippen molar-refractivity contribution in [1.82, 2.24) is 24.7 Å². The highest BCUT2D eigenvalue weighted by molar-refractivity contribution is 6.31. The number of halogens is 1. The summed E-state index contributed by atoms with van der Waals surface area (Å²) in [5, 5.41) is 9.56. The molecule has 248 valence electrons. The van der Waals surface area contributed by atoms with Crippen molar-refractivity contribution in [3.05, 3.63) is 52.1 Å². The summed E-state index contributed by atoms with van der Waals surface area (Å²) in [5.41, 5.74) is 0.808. The standard InChI is InChI=1S/C36H43ClN6O4/c1-34(2,3)47-33(45)42-14-12-41(13-15-42)25-16-22(17-25)8-10-24-20-39-29-28(40-24)21-43(30(29)44)31-35(4,5)32(36(31,6)7)46-26-11-9-23(19-38)27(37)18-26/h9,11,18,20,22,25,31-32H,12-17,21H2,1-7H3/t22-,25-,31-,32-. The maximum Gasteiger partial charge on any atom is 0.410 e. The summed E-state index contributed by atoms with van der Waals surface area (Å²) >= 11 is 6.25. The van der Waals surface area contributed by atoms with Gasteiger partial charge in [-0.2, -0.15) is 5.26 Å². The van der Waals surface area contributed by atoms with Crippen LogP contribution < -0.4 is 4.74 Å². The lowest BCUT2D eigenvalue weighted by molar-refractivity contribution is -0.199. The Kier molecular flexibility index (Phi) is 8.43. The van der Waals surface area contributed by atoms with Crippen molar-refractivity contribution in [2.24, 2.45) is 16.7 Å². The molecule has 2 aromatic rings. The highest BCUT2D eigenvalue weighted by atomic mass is 35.5. The van der Waals surface area contributed by atoms with Crippen LogP contribution >= 0.6 is 11.6 Å². The molecule has 3 heterocycles. The minimum absolute atomic E-state index is 0.107.